The molecule has 0 aromatic heterocycles. The van der Waals surface area contributed by atoms with Gasteiger partial charge in [-0.05, 0) is 29.5 Å². The summed E-state index contributed by atoms with van der Waals surface area (Å²) in [6.45, 7) is 0.689. The maximum Gasteiger partial charge on any atom is 0.169 e. The normalized spacial score (nSPS) is 20.1. The summed E-state index contributed by atoms with van der Waals surface area (Å²) in [6, 6.07) is 28.1. The summed E-state index contributed by atoms with van der Waals surface area (Å²) in [7, 11) is 0. The zero-order chi connectivity index (χ0) is 18.3. The van der Waals surface area contributed by atoms with E-state index in [1.54, 1.807) is 11.8 Å². The molecule has 132 valence electrons. The molecule has 27 heavy (non-hydrogen) atoms. The van der Waals surface area contributed by atoms with Crippen molar-refractivity contribution in [2.24, 2.45) is 4.99 Å². The number of benzene rings is 3. The van der Waals surface area contributed by atoms with Gasteiger partial charge in [0.15, 0.2) is 11.0 Å². The molecule has 0 aliphatic carbocycles. The van der Waals surface area contributed by atoms with Gasteiger partial charge >= 0.3 is 0 Å². The van der Waals surface area contributed by atoms with E-state index in [4.69, 9.17) is 4.99 Å². The van der Waals surface area contributed by atoms with Crippen LogP contribution in [0.15, 0.2) is 94.8 Å². The highest BCUT2D eigenvalue weighted by atomic mass is 32.2. The molecule has 2 aliphatic rings. The standard InChI is InChI=1S/C23H18N2OS/c26-20(17-9-3-1-4-10-17)15-23(18-11-5-2-6-12-18)16-25-19-13-7-8-14-21(19)27-22(25)24-23/h1-14H,15-16H2. The lowest BCUT2D eigenvalue weighted by Crippen LogP contribution is -2.34. The Bertz CT molecular complexity index is 1030. The van der Waals surface area contributed by atoms with Crippen LogP contribution in [-0.2, 0) is 5.54 Å². The molecule has 0 spiro atoms. The number of nitrogens with zero attached hydrogens (tertiary/aromatic N) is 2. The van der Waals surface area contributed by atoms with Crippen LogP contribution in [0.3, 0.4) is 0 Å². The van der Waals surface area contributed by atoms with Crippen molar-refractivity contribution in [1.29, 1.82) is 0 Å². The fourth-order valence-corrected chi connectivity index (χ4v) is 4.95. The van der Waals surface area contributed by atoms with E-state index in [1.165, 1.54) is 10.6 Å². The fraction of sp³-hybridized carbons (Fsp3) is 0.130. The monoisotopic (exact) mass is 370 g/mol. The number of carbonyl (C=O) groups excluding carboxylic acids is 1. The van der Waals surface area contributed by atoms with Crippen LogP contribution in [0.5, 0.6) is 0 Å². The summed E-state index contributed by atoms with van der Waals surface area (Å²) in [5.74, 6) is 0.128. The number of hydrogen-bond donors (Lipinski definition) is 0. The predicted octanol–water partition coefficient (Wildman–Crippen LogP) is 5.14. The second-order valence-electron chi connectivity index (χ2n) is 6.91. The number of carbonyl (C=O) groups is 1. The van der Waals surface area contributed by atoms with Gasteiger partial charge in [-0.15, -0.1) is 0 Å². The number of fused-ring (bicyclic) bond motifs is 3. The van der Waals surface area contributed by atoms with Crippen molar-refractivity contribution in [3.8, 4) is 0 Å². The summed E-state index contributed by atoms with van der Waals surface area (Å²) in [5, 5.41) is 0.987. The van der Waals surface area contributed by atoms with Gasteiger partial charge in [-0.1, -0.05) is 72.8 Å². The largest absolute Gasteiger partial charge is 0.317 e. The molecule has 3 aromatic rings. The summed E-state index contributed by atoms with van der Waals surface area (Å²) in [5.41, 5.74) is 2.47. The molecule has 3 aromatic carbocycles. The smallest absolute Gasteiger partial charge is 0.169 e. The number of para-hydroxylation sites is 1. The van der Waals surface area contributed by atoms with Crippen LogP contribution < -0.4 is 4.90 Å². The number of hydrogen-bond acceptors (Lipinski definition) is 4. The highest BCUT2D eigenvalue weighted by molar-refractivity contribution is 8.14. The van der Waals surface area contributed by atoms with Crippen LogP contribution in [-0.4, -0.2) is 17.5 Å². The number of Topliss-reactive ketones (excluding diaryl/α,β-unsaturated/α-hetero) is 1. The third-order valence-electron chi connectivity index (χ3n) is 5.18. The van der Waals surface area contributed by atoms with Crippen molar-refractivity contribution in [3.63, 3.8) is 0 Å². The van der Waals surface area contributed by atoms with Gasteiger partial charge in [0.05, 0.1) is 12.2 Å². The second kappa shape index (κ2) is 6.39. The van der Waals surface area contributed by atoms with Crippen LogP contribution in [0.2, 0.25) is 0 Å². The minimum atomic E-state index is -0.552. The van der Waals surface area contributed by atoms with Crippen molar-refractivity contribution in [2.75, 3.05) is 11.4 Å². The first-order valence-corrected chi connectivity index (χ1v) is 9.85. The Kier molecular flexibility index (Phi) is 3.87. The third-order valence-corrected chi connectivity index (χ3v) is 6.24. The predicted molar refractivity (Wildman–Crippen MR) is 111 cm³/mol. The fourth-order valence-electron chi connectivity index (χ4n) is 3.83. The van der Waals surface area contributed by atoms with Gasteiger partial charge in [-0.3, -0.25) is 4.79 Å². The molecule has 0 amide bonds. The van der Waals surface area contributed by atoms with E-state index in [1.807, 2.05) is 48.5 Å². The van der Waals surface area contributed by atoms with Crippen molar-refractivity contribution < 1.29 is 4.79 Å². The average Bonchev–Trinajstić information content (AvgIpc) is 3.24. The zero-order valence-electron chi connectivity index (χ0n) is 14.7. The molecular formula is C23H18N2OS. The summed E-state index contributed by atoms with van der Waals surface area (Å²) >= 11 is 1.69. The molecule has 0 bridgehead atoms. The lowest BCUT2D eigenvalue weighted by Gasteiger charge is -2.28. The quantitative estimate of drug-likeness (QED) is 0.596. The Labute approximate surface area is 162 Å². The van der Waals surface area contributed by atoms with E-state index in [2.05, 4.69) is 41.3 Å². The topological polar surface area (TPSA) is 32.7 Å². The Morgan fingerprint density at radius 3 is 2.37 bits per heavy atom. The van der Waals surface area contributed by atoms with Crippen LogP contribution >= 0.6 is 11.8 Å². The number of rotatable bonds is 4. The maximum absolute atomic E-state index is 13.0. The van der Waals surface area contributed by atoms with Crippen molar-refractivity contribution in [2.45, 2.75) is 16.9 Å². The molecule has 1 atom stereocenters. The third kappa shape index (κ3) is 2.77. The van der Waals surface area contributed by atoms with E-state index < -0.39 is 5.54 Å². The van der Waals surface area contributed by atoms with Crippen LogP contribution in [0.4, 0.5) is 5.69 Å². The van der Waals surface area contributed by atoms with Crippen LogP contribution in [0.1, 0.15) is 22.3 Å². The number of anilines is 1. The van der Waals surface area contributed by atoms with Gasteiger partial charge in [0.25, 0.3) is 0 Å². The lowest BCUT2D eigenvalue weighted by atomic mass is 9.84. The number of aliphatic imine (C=N–C) groups is 1. The minimum absolute atomic E-state index is 0.128. The molecule has 2 heterocycles. The Morgan fingerprint density at radius 2 is 1.59 bits per heavy atom. The minimum Gasteiger partial charge on any atom is -0.317 e. The van der Waals surface area contributed by atoms with Crippen molar-refractivity contribution in [1.82, 2.24) is 0 Å². The molecule has 0 saturated carbocycles. The highest BCUT2D eigenvalue weighted by Gasteiger charge is 2.46. The Balaban J connectivity index is 1.55. The summed E-state index contributed by atoms with van der Waals surface area (Å²) < 4.78 is 0. The molecule has 4 heteroatoms. The van der Waals surface area contributed by atoms with E-state index in [-0.39, 0.29) is 5.78 Å². The van der Waals surface area contributed by atoms with Gasteiger partial charge < -0.3 is 4.90 Å². The Morgan fingerprint density at radius 1 is 0.926 bits per heavy atom. The molecule has 1 unspecified atom stereocenters. The van der Waals surface area contributed by atoms with E-state index in [0.717, 1.165) is 16.3 Å². The molecule has 3 nitrogen and oxygen atoms in total. The maximum atomic E-state index is 13.0. The zero-order valence-corrected chi connectivity index (χ0v) is 15.5. The average molecular weight is 370 g/mol. The molecular weight excluding hydrogens is 352 g/mol. The van der Waals surface area contributed by atoms with Gasteiger partial charge in [0.2, 0.25) is 0 Å². The number of ketones is 1. The number of thioether (sulfide) groups is 1. The van der Waals surface area contributed by atoms with Crippen molar-refractivity contribution >= 4 is 28.4 Å². The highest BCUT2D eigenvalue weighted by Crippen LogP contribution is 2.48. The van der Waals surface area contributed by atoms with Crippen LogP contribution in [0, 0.1) is 0 Å². The van der Waals surface area contributed by atoms with Gasteiger partial charge in [0.1, 0.15) is 5.54 Å². The van der Waals surface area contributed by atoms with Crippen LogP contribution in [0.25, 0.3) is 0 Å². The van der Waals surface area contributed by atoms with Crippen molar-refractivity contribution in [3.05, 3.63) is 96.1 Å². The lowest BCUT2D eigenvalue weighted by molar-refractivity contribution is 0.0955. The SMILES string of the molecule is O=C(CC1(c2ccccc2)CN2C(=N1)Sc1ccccc12)c1ccccc1. The van der Waals surface area contributed by atoms with E-state index in [9.17, 15) is 4.79 Å². The van der Waals surface area contributed by atoms with Gasteiger partial charge in [-0.2, -0.15) is 0 Å². The Hall–Kier alpha value is -2.85. The van der Waals surface area contributed by atoms with E-state index >= 15 is 0 Å². The summed E-state index contributed by atoms with van der Waals surface area (Å²) in [6.07, 6.45) is 0.365. The van der Waals surface area contributed by atoms with Gasteiger partial charge in [-0.25, -0.2) is 4.99 Å². The molecule has 0 N–H and O–H groups in total. The first-order valence-electron chi connectivity index (χ1n) is 9.03. The number of amidine groups is 1. The van der Waals surface area contributed by atoms with E-state index in [0.29, 0.717) is 13.0 Å². The molecule has 0 radical (unpaired) electrons. The first-order chi connectivity index (χ1) is 13.3. The second-order valence-corrected chi connectivity index (χ2v) is 7.92. The molecule has 0 fully saturated rings. The molecule has 0 saturated heterocycles. The first kappa shape index (κ1) is 16.3. The molecule has 5 rings (SSSR count). The van der Waals surface area contributed by atoms with Gasteiger partial charge in [0, 0.05) is 16.9 Å². The molecule has 2 aliphatic heterocycles. The summed E-state index contributed by atoms with van der Waals surface area (Å²) in [4.78, 5) is 21.7.